The van der Waals surface area contributed by atoms with Gasteiger partial charge in [-0.2, -0.15) is 0 Å². The van der Waals surface area contributed by atoms with E-state index >= 15 is 0 Å². The summed E-state index contributed by atoms with van der Waals surface area (Å²) in [6.07, 6.45) is 18.5. The fourth-order valence-corrected chi connectivity index (χ4v) is 6.68. The number of aromatic nitrogens is 1. The van der Waals surface area contributed by atoms with E-state index in [1.807, 2.05) is 40.0 Å². The summed E-state index contributed by atoms with van der Waals surface area (Å²) in [4.78, 5) is 9.00. The summed E-state index contributed by atoms with van der Waals surface area (Å²) in [6.45, 7) is 9.01. The van der Waals surface area contributed by atoms with Crippen molar-refractivity contribution in [1.82, 2.24) is 0 Å². The number of anilines is 2. The second-order valence-electron chi connectivity index (χ2n) is 10.6. The normalized spacial score (nSPS) is 15.0. The van der Waals surface area contributed by atoms with Gasteiger partial charge in [0.05, 0.1) is 30.2 Å². The Morgan fingerprint density at radius 1 is 0.841 bits per heavy atom. The van der Waals surface area contributed by atoms with Crippen LogP contribution in [0.3, 0.4) is 0 Å². The van der Waals surface area contributed by atoms with Crippen LogP contribution in [0.1, 0.15) is 16.7 Å². The Morgan fingerprint density at radius 3 is 2.11 bits per heavy atom. The Balaban J connectivity index is 0.976. The van der Waals surface area contributed by atoms with Crippen molar-refractivity contribution in [3.63, 3.8) is 0 Å². The molecule has 8 heteroatoms. The van der Waals surface area contributed by atoms with Crippen LogP contribution in [0.4, 0.5) is 11.4 Å². The van der Waals surface area contributed by atoms with Gasteiger partial charge in [-0.15, -0.1) is 0 Å². The van der Waals surface area contributed by atoms with Crippen LogP contribution in [0.5, 0.6) is 11.5 Å². The minimum Gasteiger partial charge on any atom is -0.490 e. The first kappa shape index (κ1) is 31.5. The molecular weight excluding hydrogens is 585 g/mol. The van der Waals surface area contributed by atoms with Crippen molar-refractivity contribution in [3.05, 3.63) is 108 Å². The van der Waals surface area contributed by atoms with Crippen LogP contribution in [0.2, 0.25) is 0 Å². The summed E-state index contributed by atoms with van der Waals surface area (Å²) in [7, 11) is 7.96. The number of pyridine rings is 1. The zero-order valence-corrected chi connectivity index (χ0v) is 27.2. The molecule has 0 amide bonds. The molecule has 0 fully saturated rings. The number of aliphatic imine (C=N–C) groups is 1. The highest BCUT2D eigenvalue weighted by Crippen LogP contribution is 2.33. The number of rotatable bonds is 13. The number of aryl methyl sites for hydroxylation is 1. The van der Waals surface area contributed by atoms with Crippen LogP contribution in [0, 0.1) is 0 Å². The largest absolute Gasteiger partial charge is 0.490 e. The van der Waals surface area contributed by atoms with Crippen LogP contribution in [-0.4, -0.2) is 64.7 Å². The molecule has 1 aromatic heterocycles. The van der Waals surface area contributed by atoms with Crippen LogP contribution in [0.15, 0.2) is 96.3 Å². The van der Waals surface area contributed by atoms with Gasteiger partial charge in [0.15, 0.2) is 18.9 Å². The van der Waals surface area contributed by atoms with E-state index in [-0.39, 0.29) is 0 Å². The van der Waals surface area contributed by atoms with Gasteiger partial charge in [0.2, 0.25) is 0 Å². The highest BCUT2D eigenvalue weighted by Gasteiger charge is 2.15. The molecule has 0 N–H and O–H groups in total. The van der Waals surface area contributed by atoms with Gasteiger partial charge >= 0.3 is 0 Å². The van der Waals surface area contributed by atoms with Gasteiger partial charge in [-0.05, 0) is 52.6 Å². The summed E-state index contributed by atoms with van der Waals surface area (Å²) in [5.74, 6) is 3.93. The molecule has 0 aliphatic carbocycles. The Bertz CT molecular complexity index is 1530. The van der Waals surface area contributed by atoms with Gasteiger partial charge in [0, 0.05) is 44.7 Å². The summed E-state index contributed by atoms with van der Waals surface area (Å²) in [5.41, 5.74) is 6.75. The molecule has 2 aromatic carbocycles. The molecule has 228 valence electrons. The molecule has 6 nitrogen and oxygen atoms in total. The van der Waals surface area contributed by atoms with E-state index in [2.05, 4.69) is 125 Å². The Morgan fingerprint density at radius 2 is 1.45 bits per heavy atom. The number of hydrogen-bond donors (Lipinski definition) is 0. The van der Waals surface area contributed by atoms with Crippen molar-refractivity contribution < 1.29 is 14.0 Å². The van der Waals surface area contributed by atoms with Gasteiger partial charge in [-0.1, -0.05) is 70.7 Å². The fourth-order valence-electron chi connectivity index (χ4n) is 4.83. The van der Waals surface area contributed by atoms with Gasteiger partial charge in [0.25, 0.3) is 0 Å². The predicted octanol–water partition coefficient (Wildman–Crippen LogP) is 7.08. The number of likely N-dealkylation sites (N-methyl/N-ethyl adjacent to an activating group) is 2. The van der Waals surface area contributed by atoms with Crippen molar-refractivity contribution in [2.45, 2.75) is 6.54 Å². The van der Waals surface area contributed by atoms with Crippen LogP contribution >= 0.6 is 21.6 Å². The molecule has 0 atom stereocenters. The highest BCUT2D eigenvalue weighted by atomic mass is 33.1. The minimum atomic E-state index is 0.722. The van der Waals surface area contributed by atoms with Crippen molar-refractivity contribution in [2.75, 3.05) is 68.2 Å². The predicted molar refractivity (Wildman–Crippen MR) is 192 cm³/mol. The van der Waals surface area contributed by atoms with E-state index in [0.29, 0.717) is 0 Å². The van der Waals surface area contributed by atoms with E-state index in [0.717, 1.165) is 90.5 Å². The van der Waals surface area contributed by atoms with E-state index < -0.39 is 0 Å². The first-order chi connectivity index (χ1) is 21.6. The monoisotopic (exact) mass is 625 g/mol. The molecule has 3 heterocycles. The highest BCUT2D eigenvalue weighted by molar-refractivity contribution is 8.76. The summed E-state index contributed by atoms with van der Waals surface area (Å²) in [6, 6.07) is 17.0. The molecule has 0 saturated heterocycles. The average Bonchev–Trinajstić information content (AvgIpc) is 3.05. The zero-order valence-electron chi connectivity index (χ0n) is 25.6. The standard InChI is InChI=1S/C36H41N4O2S2/c1-4-29(5-7-31-9-11-33-35(27-31)41-23-20-38(33)2)13-16-37-17-25-43-44-26-22-40-18-14-30(15-19-40)6-8-32-10-12-34-36(28-32)42-24-21-39(34)3/h4-16,18-19,27-28H,1,17,20-26H2,2-3H3/q+1/b7-5+,29-13+,37-16+. The number of ether oxygens (including phenoxy) is 2. The quantitative estimate of drug-likeness (QED) is 0.0665. The lowest BCUT2D eigenvalue weighted by Gasteiger charge is -2.27. The van der Waals surface area contributed by atoms with E-state index in [1.165, 1.54) is 5.56 Å². The number of hydrogen-bond acceptors (Lipinski definition) is 7. The molecule has 3 aromatic rings. The number of allylic oxidation sites excluding steroid dienone is 4. The third kappa shape index (κ3) is 9.07. The molecule has 0 spiro atoms. The molecular formula is C36H41N4O2S2+. The van der Waals surface area contributed by atoms with Crippen molar-refractivity contribution in [2.24, 2.45) is 4.99 Å². The third-order valence-electron chi connectivity index (χ3n) is 7.44. The molecule has 0 unspecified atom stereocenters. The lowest BCUT2D eigenvalue weighted by atomic mass is 10.1. The van der Waals surface area contributed by atoms with E-state index in [1.54, 1.807) is 0 Å². The van der Waals surface area contributed by atoms with Crippen molar-refractivity contribution >= 4 is 57.4 Å². The van der Waals surface area contributed by atoms with Crippen molar-refractivity contribution in [1.29, 1.82) is 0 Å². The third-order valence-corrected chi connectivity index (χ3v) is 9.81. The summed E-state index contributed by atoms with van der Waals surface area (Å²) in [5, 5.41) is 0. The molecule has 0 saturated carbocycles. The lowest BCUT2D eigenvalue weighted by molar-refractivity contribution is -0.692. The molecule has 2 aliphatic heterocycles. The first-order valence-electron chi connectivity index (χ1n) is 15.0. The molecule has 5 rings (SSSR count). The van der Waals surface area contributed by atoms with Crippen molar-refractivity contribution in [3.8, 4) is 11.5 Å². The smallest absolute Gasteiger partial charge is 0.169 e. The average molecular weight is 626 g/mol. The number of fused-ring (bicyclic) bond motifs is 2. The second kappa shape index (κ2) is 16.3. The summed E-state index contributed by atoms with van der Waals surface area (Å²) >= 11 is 0. The topological polar surface area (TPSA) is 41.2 Å². The van der Waals surface area contributed by atoms with E-state index in [9.17, 15) is 0 Å². The fraction of sp³-hybridized carbons (Fsp3) is 0.278. The van der Waals surface area contributed by atoms with Gasteiger partial charge in [0.1, 0.15) is 24.7 Å². The maximum Gasteiger partial charge on any atom is 0.169 e. The minimum absolute atomic E-state index is 0.722. The second-order valence-corrected chi connectivity index (χ2v) is 13.3. The number of benzene rings is 2. The Hall–Kier alpha value is -3.88. The van der Waals surface area contributed by atoms with Gasteiger partial charge in [-0.3, -0.25) is 4.99 Å². The molecule has 0 bridgehead atoms. The SMILES string of the molecule is C=CC(/C=C/c1ccc2c(c1)OCCN2C)=C\C=N\CCSSCC[n+]1ccc(/C=C/c2ccc3c(c2)OCCN3C)cc1. The molecule has 44 heavy (non-hydrogen) atoms. The maximum atomic E-state index is 5.83. The van der Waals surface area contributed by atoms with E-state index in [4.69, 9.17) is 9.47 Å². The Labute approximate surface area is 269 Å². The molecule has 0 radical (unpaired) electrons. The first-order valence-corrected chi connectivity index (χ1v) is 17.5. The van der Waals surface area contributed by atoms with Gasteiger partial charge < -0.3 is 19.3 Å². The van der Waals surface area contributed by atoms with Crippen LogP contribution in [-0.2, 0) is 6.54 Å². The molecule has 2 aliphatic rings. The zero-order chi connectivity index (χ0) is 30.6. The van der Waals surface area contributed by atoms with Crippen LogP contribution < -0.4 is 23.8 Å². The maximum absolute atomic E-state index is 5.83. The lowest BCUT2D eigenvalue weighted by Crippen LogP contribution is -2.33. The van der Waals surface area contributed by atoms with Gasteiger partial charge in [-0.25, -0.2) is 4.57 Å². The Kier molecular flexibility index (Phi) is 11.7. The summed E-state index contributed by atoms with van der Waals surface area (Å²) < 4.78 is 13.9. The van der Waals surface area contributed by atoms with Crippen LogP contribution in [0.25, 0.3) is 18.2 Å². The number of nitrogens with zero attached hydrogens (tertiary/aromatic N) is 4.